The summed E-state index contributed by atoms with van der Waals surface area (Å²) in [4.78, 5) is 13.5. The number of anilines is 1. The third-order valence-corrected chi connectivity index (χ3v) is 3.58. The van der Waals surface area contributed by atoms with Crippen LogP contribution in [0.3, 0.4) is 0 Å². The lowest BCUT2D eigenvalue weighted by Gasteiger charge is -2.07. The molecule has 0 saturated carbocycles. The summed E-state index contributed by atoms with van der Waals surface area (Å²) in [5, 5.41) is 15.3. The average Bonchev–Trinajstić information content (AvgIpc) is 2.93. The van der Waals surface area contributed by atoms with Crippen LogP contribution in [0.15, 0.2) is 48.7 Å². The van der Waals surface area contributed by atoms with Crippen LogP contribution >= 0.6 is 11.6 Å². The van der Waals surface area contributed by atoms with Gasteiger partial charge in [-0.1, -0.05) is 17.7 Å². The summed E-state index contributed by atoms with van der Waals surface area (Å²) in [6.45, 7) is 0.583. The summed E-state index contributed by atoms with van der Waals surface area (Å²) >= 11 is 5.79. The Bertz CT molecular complexity index is 814. The van der Waals surface area contributed by atoms with Gasteiger partial charge in [-0.2, -0.15) is 0 Å². The van der Waals surface area contributed by atoms with Crippen molar-refractivity contribution >= 4 is 33.9 Å². The third kappa shape index (κ3) is 2.83. The lowest BCUT2D eigenvalue weighted by atomic mass is 10.1. The molecule has 1 aromatic heterocycles. The molecular formula is C15H12ClN3O2. The van der Waals surface area contributed by atoms with Crippen molar-refractivity contribution in [3.05, 3.63) is 69.4 Å². The smallest absolute Gasteiger partial charge is 0.289 e. The van der Waals surface area contributed by atoms with Crippen LogP contribution in [0.5, 0.6) is 0 Å². The minimum absolute atomic E-state index is 0.0947. The molecule has 0 amide bonds. The number of H-pyrrole nitrogens is 1. The van der Waals surface area contributed by atoms with E-state index in [1.165, 1.54) is 12.1 Å². The minimum atomic E-state index is -0.487. The standard InChI is InChI=1S/C15H12ClN3O2/c16-13-3-2-12(8-15(13)19(20)21)18-9-10-1-4-14-11(7-10)5-6-17-14/h1-8,17-18H,9H2. The van der Waals surface area contributed by atoms with Crippen LogP contribution in [0.2, 0.25) is 5.02 Å². The Labute approximate surface area is 125 Å². The van der Waals surface area contributed by atoms with Gasteiger partial charge < -0.3 is 10.3 Å². The van der Waals surface area contributed by atoms with Crippen LogP contribution in [0, 0.1) is 10.1 Å². The topological polar surface area (TPSA) is 71.0 Å². The summed E-state index contributed by atoms with van der Waals surface area (Å²) < 4.78 is 0. The highest BCUT2D eigenvalue weighted by molar-refractivity contribution is 6.32. The Morgan fingerprint density at radius 3 is 2.86 bits per heavy atom. The molecule has 0 fully saturated rings. The summed E-state index contributed by atoms with van der Waals surface area (Å²) in [5.41, 5.74) is 2.75. The number of nitro groups is 1. The van der Waals surface area contributed by atoms with Gasteiger partial charge in [0.05, 0.1) is 4.92 Å². The van der Waals surface area contributed by atoms with Crippen molar-refractivity contribution in [1.82, 2.24) is 4.98 Å². The molecule has 0 bridgehead atoms. The van der Waals surface area contributed by atoms with E-state index in [0.717, 1.165) is 16.5 Å². The number of halogens is 1. The van der Waals surface area contributed by atoms with Crippen LogP contribution in [0.4, 0.5) is 11.4 Å². The summed E-state index contributed by atoms with van der Waals surface area (Å²) in [7, 11) is 0. The molecule has 106 valence electrons. The van der Waals surface area contributed by atoms with Crippen molar-refractivity contribution in [1.29, 1.82) is 0 Å². The molecule has 0 radical (unpaired) electrons. The molecule has 2 aromatic carbocycles. The second kappa shape index (κ2) is 5.46. The molecule has 2 N–H and O–H groups in total. The number of nitro benzene ring substituents is 1. The van der Waals surface area contributed by atoms with E-state index < -0.39 is 4.92 Å². The Morgan fingerprint density at radius 1 is 1.19 bits per heavy atom. The molecule has 21 heavy (non-hydrogen) atoms. The molecule has 3 rings (SSSR count). The fourth-order valence-corrected chi connectivity index (χ4v) is 2.37. The number of nitrogens with one attached hydrogen (secondary N) is 2. The number of hydrogen-bond acceptors (Lipinski definition) is 3. The molecule has 0 aliphatic heterocycles. The summed E-state index contributed by atoms with van der Waals surface area (Å²) in [5.74, 6) is 0. The molecule has 5 nitrogen and oxygen atoms in total. The van der Waals surface area contributed by atoms with Gasteiger partial charge in [0, 0.05) is 30.0 Å². The second-order valence-electron chi connectivity index (χ2n) is 4.68. The maximum Gasteiger partial charge on any atom is 0.289 e. The van der Waals surface area contributed by atoms with Crippen molar-refractivity contribution < 1.29 is 4.92 Å². The predicted molar refractivity (Wildman–Crippen MR) is 83.7 cm³/mol. The third-order valence-electron chi connectivity index (χ3n) is 3.26. The molecule has 0 aliphatic carbocycles. The molecular weight excluding hydrogens is 290 g/mol. The van der Waals surface area contributed by atoms with Crippen LogP contribution < -0.4 is 5.32 Å². The van der Waals surface area contributed by atoms with Crippen LogP contribution in [0.1, 0.15) is 5.56 Å². The SMILES string of the molecule is O=[N+]([O-])c1cc(NCc2ccc3[nH]ccc3c2)ccc1Cl. The molecule has 1 heterocycles. The fraction of sp³-hybridized carbons (Fsp3) is 0.0667. The molecule has 3 aromatic rings. The van der Waals surface area contributed by atoms with Gasteiger partial charge in [0.1, 0.15) is 5.02 Å². The normalized spacial score (nSPS) is 10.7. The minimum Gasteiger partial charge on any atom is -0.381 e. The highest BCUT2D eigenvalue weighted by Gasteiger charge is 2.12. The number of aromatic amines is 1. The zero-order chi connectivity index (χ0) is 14.8. The van der Waals surface area contributed by atoms with Gasteiger partial charge in [0.25, 0.3) is 5.69 Å². The Kier molecular flexibility index (Phi) is 3.50. The van der Waals surface area contributed by atoms with Gasteiger partial charge in [-0.3, -0.25) is 10.1 Å². The first-order chi connectivity index (χ1) is 10.1. The highest BCUT2D eigenvalue weighted by Crippen LogP contribution is 2.27. The number of benzene rings is 2. The van der Waals surface area contributed by atoms with Crippen molar-refractivity contribution in [3.8, 4) is 0 Å². The quantitative estimate of drug-likeness (QED) is 0.556. The zero-order valence-electron chi connectivity index (χ0n) is 11.0. The fourth-order valence-electron chi connectivity index (χ4n) is 2.18. The first-order valence-electron chi connectivity index (χ1n) is 6.37. The van der Waals surface area contributed by atoms with Crippen LogP contribution in [-0.4, -0.2) is 9.91 Å². The molecule has 0 spiro atoms. The second-order valence-corrected chi connectivity index (χ2v) is 5.08. The highest BCUT2D eigenvalue weighted by atomic mass is 35.5. The van der Waals surface area contributed by atoms with E-state index in [-0.39, 0.29) is 10.7 Å². The lowest BCUT2D eigenvalue weighted by Crippen LogP contribution is -2.00. The molecule has 0 saturated heterocycles. The maximum absolute atomic E-state index is 10.9. The Morgan fingerprint density at radius 2 is 2.05 bits per heavy atom. The van der Waals surface area contributed by atoms with E-state index in [2.05, 4.69) is 16.4 Å². The number of hydrogen-bond donors (Lipinski definition) is 2. The van der Waals surface area contributed by atoms with Crippen molar-refractivity contribution in [2.75, 3.05) is 5.32 Å². The summed E-state index contributed by atoms with van der Waals surface area (Å²) in [6, 6.07) is 12.8. The van der Waals surface area contributed by atoms with Crippen molar-refractivity contribution in [3.63, 3.8) is 0 Å². The predicted octanol–water partition coefficient (Wildman–Crippen LogP) is 4.34. The van der Waals surface area contributed by atoms with Gasteiger partial charge in [0.2, 0.25) is 0 Å². The van der Waals surface area contributed by atoms with Gasteiger partial charge in [0.15, 0.2) is 0 Å². The van der Waals surface area contributed by atoms with Crippen molar-refractivity contribution in [2.45, 2.75) is 6.54 Å². The lowest BCUT2D eigenvalue weighted by molar-refractivity contribution is -0.384. The number of rotatable bonds is 4. The van der Waals surface area contributed by atoms with E-state index in [9.17, 15) is 10.1 Å². The summed E-state index contributed by atoms with van der Waals surface area (Å²) in [6.07, 6.45) is 1.89. The van der Waals surface area contributed by atoms with E-state index in [1.807, 2.05) is 24.4 Å². The molecule has 0 unspecified atom stereocenters. The van der Waals surface area contributed by atoms with Gasteiger partial charge in [-0.15, -0.1) is 0 Å². The number of aromatic nitrogens is 1. The zero-order valence-corrected chi connectivity index (χ0v) is 11.7. The molecule has 6 heteroatoms. The Hall–Kier alpha value is -2.53. The van der Waals surface area contributed by atoms with E-state index in [0.29, 0.717) is 12.2 Å². The largest absolute Gasteiger partial charge is 0.381 e. The first kappa shape index (κ1) is 13.5. The van der Waals surface area contributed by atoms with Crippen LogP contribution in [0.25, 0.3) is 10.9 Å². The molecule has 0 atom stereocenters. The van der Waals surface area contributed by atoms with Gasteiger partial charge in [-0.05, 0) is 41.3 Å². The molecule has 0 aliphatic rings. The van der Waals surface area contributed by atoms with E-state index in [4.69, 9.17) is 11.6 Å². The first-order valence-corrected chi connectivity index (χ1v) is 6.75. The average molecular weight is 302 g/mol. The van der Waals surface area contributed by atoms with Gasteiger partial charge >= 0.3 is 0 Å². The maximum atomic E-state index is 10.9. The van der Waals surface area contributed by atoms with Gasteiger partial charge in [-0.25, -0.2) is 0 Å². The van der Waals surface area contributed by atoms with E-state index in [1.54, 1.807) is 6.07 Å². The monoisotopic (exact) mass is 301 g/mol. The Balaban J connectivity index is 1.77. The van der Waals surface area contributed by atoms with E-state index >= 15 is 0 Å². The van der Waals surface area contributed by atoms with Crippen LogP contribution in [-0.2, 0) is 6.54 Å². The number of nitrogens with zero attached hydrogens (tertiary/aromatic N) is 1. The van der Waals surface area contributed by atoms with Crippen molar-refractivity contribution in [2.24, 2.45) is 0 Å². The number of fused-ring (bicyclic) bond motifs is 1.